The second-order valence-electron chi connectivity index (χ2n) is 6.48. The largest absolute Gasteiger partial charge is 0.466 e. The molecule has 0 radical (unpaired) electrons. The highest BCUT2D eigenvalue weighted by molar-refractivity contribution is 5.81. The van der Waals surface area contributed by atoms with E-state index in [1.54, 1.807) is 11.0 Å². The SMILES string of the molecule is CCC[C@H](/C=C/C(=O)OC)OC(=O)N1C(C)(C)COC1(C)C. The van der Waals surface area contributed by atoms with Gasteiger partial charge < -0.3 is 14.2 Å². The number of esters is 1. The van der Waals surface area contributed by atoms with Crippen molar-refractivity contribution in [2.24, 2.45) is 0 Å². The predicted molar refractivity (Wildman–Crippen MR) is 82.3 cm³/mol. The molecule has 1 atom stereocenters. The summed E-state index contributed by atoms with van der Waals surface area (Å²) in [6.07, 6.45) is 3.39. The summed E-state index contributed by atoms with van der Waals surface area (Å²) in [6, 6.07) is 0. The molecule has 6 nitrogen and oxygen atoms in total. The quantitative estimate of drug-likeness (QED) is 0.577. The van der Waals surface area contributed by atoms with E-state index in [0.29, 0.717) is 13.0 Å². The molecule has 1 fully saturated rings. The fraction of sp³-hybridized carbons (Fsp3) is 0.750. The van der Waals surface area contributed by atoms with E-state index >= 15 is 0 Å². The molecule has 0 unspecified atom stereocenters. The molecule has 0 aromatic carbocycles. The second-order valence-corrected chi connectivity index (χ2v) is 6.48. The maximum Gasteiger partial charge on any atom is 0.413 e. The third-order valence-corrected chi connectivity index (χ3v) is 3.58. The molecule has 1 heterocycles. The average Bonchev–Trinajstić information content (AvgIpc) is 2.64. The number of carbonyl (C=O) groups is 2. The minimum atomic E-state index is -0.719. The Labute approximate surface area is 132 Å². The highest BCUT2D eigenvalue weighted by Crippen LogP contribution is 2.35. The van der Waals surface area contributed by atoms with Crippen LogP contribution in [0.4, 0.5) is 4.79 Å². The van der Waals surface area contributed by atoms with Crippen LogP contribution < -0.4 is 0 Å². The molecule has 0 bridgehead atoms. The van der Waals surface area contributed by atoms with Crippen LogP contribution in [-0.4, -0.2) is 48.0 Å². The zero-order chi connectivity index (χ0) is 17.0. The first-order valence-electron chi connectivity index (χ1n) is 7.55. The lowest BCUT2D eigenvalue weighted by molar-refractivity contribution is -0.134. The zero-order valence-corrected chi connectivity index (χ0v) is 14.3. The Morgan fingerprint density at radius 2 is 1.95 bits per heavy atom. The van der Waals surface area contributed by atoms with Crippen LogP contribution in [0.5, 0.6) is 0 Å². The van der Waals surface area contributed by atoms with Gasteiger partial charge in [-0.15, -0.1) is 0 Å². The summed E-state index contributed by atoms with van der Waals surface area (Å²) in [7, 11) is 1.31. The van der Waals surface area contributed by atoms with Crippen LogP contribution in [0, 0.1) is 0 Å². The van der Waals surface area contributed by atoms with Crippen molar-refractivity contribution < 1.29 is 23.8 Å². The minimum Gasteiger partial charge on any atom is -0.466 e. The van der Waals surface area contributed by atoms with E-state index in [0.717, 1.165) is 6.42 Å². The Balaban J connectivity index is 2.82. The Bertz CT molecular complexity index is 426. The van der Waals surface area contributed by atoms with Crippen molar-refractivity contribution in [3.05, 3.63) is 12.2 Å². The van der Waals surface area contributed by atoms with Crippen LogP contribution in [0.15, 0.2) is 12.2 Å². The Morgan fingerprint density at radius 3 is 2.41 bits per heavy atom. The normalized spacial score (nSPS) is 20.9. The molecule has 6 heteroatoms. The first kappa shape index (κ1) is 18.5. The Kier molecular flexibility index (Phi) is 6.00. The van der Waals surface area contributed by atoms with Gasteiger partial charge in [-0.05, 0) is 40.2 Å². The van der Waals surface area contributed by atoms with Gasteiger partial charge in [0.05, 0.1) is 19.3 Å². The molecule has 0 saturated carbocycles. The van der Waals surface area contributed by atoms with Gasteiger partial charge >= 0.3 is 12.1 Å². The van der Waals surface area contributed by atoms with E-state index < -0.39 is 29.4 Å². The van der Waals surface area contributed by atoms with Crippen LogP contribution in [-0.2, 0) is 19.0 Å². The van der Waals surface area contributed by atoms with Crippen LogP contribution in [0.2, 0.25) is 0 Å². The predicted octanol–water partition coefficient (Wildman–Crippen LogP) is 2.87. The summed E-state index contributed by atoms with van der Waals surface area (Å²) in [4.78, 5) is 25.3. The smallest absolute Gasteiger partial charge is 0.413 e. The average molecular weight is 313 g/mol. The van der Waals surface area contributed by atoms with Crippen molar-refractivity contribution in [1.29, 1.82) is 0 Å². The highest BCUT2D eigenvalue weighted by Gasteiger charge is 2.49. The molecule has 1 amide bonds. The van der Waals surface area contributed by atoms with E-state index in [4.69, 9.17) is 9.47 Å². The molecular weight excluding hydrogens is 286 g/mol. The van der Waals surface area contributed by atoms with Gasteiger partial charge in [-0.2, -0.15) is 0 Å². The highest BCUT2D eigenvalue weighted by atomic mass is 16.6. The molecule has 0 aliphatic carbocycles. The first-order valence-corrected chi connectivity index (χ1v) is 7.55. The van der Waals surface area contributed by atoms with E-state index in [2.05, 4.69) is 4.74 Å². The van der Waals surface area contributed by atoms with E-state index in [1.165, 1.54) is 13.2 Å². The summed E-state index contributed by atoms with van der Waals surface area (Å²) in [5.74, 6) is -0.470. The Hall–Kier alpha value is -1.56. The fourth-order valence-electron chi connectivity index (χ4n) is 2.59. The number of methoxy groups -OCH3 is 1. The molecule has 1 aliphatic heterocycles. The van der Waals surface area contributed by atoms with Gasteiger partial charge in [-0.3, -0.25) is 4.90 Å². The maximum absolute atomic E-state index is 12.5. The molecule has 1 rings (SSSR count). The summed E-state index contributed by atoms with van der Waals surface area (Å²) in [6.45, 7) is 9.97. The van der Waals surface area contributed by atoms with Gasteiger partial charge in [0.25, 0.3) is 0 Å². The maximum atomic E-state index is 12.5. The van der Waals surface area contributed by atoms with Gasteiger partial charge in [0.2, 0.25) is 0 Å². The van der Waals surface area contributed by atoms with Crippen molar-refractivity contribution in [3.63, 3.8) is 0 Å². The molecule has 22 heavy (non-hydrogen) atoms. The number of rotatable bonds is 5. The number of nitrogens with zero attached hydrogens (tertiary/aromatic N) is 1. The Morgan fingerprint density at radius 1 is 1.32 bits per heavy atom. The van der Waals surface area contributed by atoms with Crippen LogP contribution in [0.25, 0.3) is 0 Å². The summed E-state index contributed by atoms with van der Waals surface area (Å²) in [5.41, 5.74) is -1.16. The van der Waals surface area contributed by atoms with Crippen molar-refractivity contribution in [2.75, 3.05) is 13.7 Å². The van der Waals surface area contributed by atoms with Crippen LogP contribution in [0.3, 0.4) is 0 Å². The molecule has 0 aromatic rings. The van der Waals surface area contributed by atoms with Gasteiger partial charge in [0, 0.05) is 6.08 Å². The van der Waals surface area contributed by atoms with Gasteiger partial charge in [-0.1, -0.05) is 13.3 Å². The third kappa shape index (κ3) is 4.47. The van der Waals surface area contributed by atoms with Gasteiger partial charge in [-0.25, -0.2) is 9.59 Å². The number of hydrogen-bond donors (Lipinski definition) is 0. The molecule has 0 aromatic heterocycles. The topological polar surface area (TPSA) is 65.1 Å². The van der Waals surface area contributed by atoms with E-state index in [9.17, 15) is 9.59 Å². The van der Waals surface area contributed by atoms with Gasteiger partial charge in [0.1, 0.15) is 11.8 Å². The first-order chi connectivity index (χ1) is 10.1. The lowest BCUT2D eigenvalue weighted by Gasteiger charge is -2.37. The molecule has 1 saturated heterocycles. The third-order valence-electron chi connectivity index (χ3n) is 3.58. The standard InChI is InChI=1S/C16H27NO5/c1-7-8-12(9-10-13(18)20-6)22-14(19)17-15(2,3)11-21-16(17,4)5/h9-10,12H,7-8,11H2,1-6H3/b10-9+/t12-/m1/s1. The molecule has 1 aliphatic rings. The summed E-state index contributed by atoms with van der Waals surface area (Å²) < 4.78 is 15.8. The monoisotopic (exact) mass is 313 g/mol. The summed E-state index contributed by atoms with van der Waals surface area (Å²) in [5, 5.41) is 0. The van der Waals surface area contributed by atoms with Crippen molar-refractivity contribution >= 4 is 12.1 Å². The molecule has 126 valence electrons. The number of carbonyl (C=O) groups excluding carboxylic acids is 2. The van der Waals surface area contributed by atoms with E-state index in [1.807, 2.05) is 34.6 Å². The number of ether oxygens (including phenoxy) is 3. The van der Waals surface area contributed by atoms with Crippen molar-refractivity contribution in [2.45, 2.75) is 64.8 Å². The fourth-order valence-corrected chi connectivity index (χ4v) is 2.59. The number of amides is 1. The van der Waals surface area contributed by atoms with Crippen LogP contribution >= 0.6 is 0 Å². The number of hydrogen-bond acceptors (Lipinski definition) is 5. The summed E-state index contributed by atoms with van der Waals surface area (Å²) >= 11 is 0. The molecule has 0 spiro atoms. The lowest BCUT2D eigenvalue weighted by Crippen LogP contribution is -2.53. The van der Waals surface area contributed by atoms with E-state index in [-0.39, 0.29) is 0 Å². The molecular formula is C16H27NO5. The van der Waals surface area contributed by atoms with Gasteiger partial charge in [0.15, 0.2) is 0 Å². The zero-order valence-electron chi connectivity index (χ0n) is 14.3. The minimum absolute atomic E-state index is 0.441. The van der Waals surface area contributed by atoms with Crippen LogP contribution in [0.1, 0.15) is 47.5 Å². The molecule has 0 N–H and O–H groups in total. The lowest BCUT2D eigenvalue weighted by atomic mass is 10.0. The van der Waals surface area contributed by atoms with Crippen molar-refractivity contribution in [1.82, 2.24) is 4.90 Å². The second kappa shape index (κ2) is 7.13. The van der Waals surface area contributed by atoms with Crippen molar-refractivity contribution in [3.8, 4) is 0 Å².